The Balaban J connectivity index is 1.54. The first-order valence-corrected chi connectivity index (χ1v) is 8.74. The minimum Gasteiger partial charge on any atom is -0.366 e. The Hall–Kier alpha value is -3.42. The number of amides is 1. The molecule has 1 aliphatic rings. The number of nitrogens with one attached hydrogen (secondary N) is 1. The first-order valence-electron chi connectivity index (χ1n) is 8.74. The highest BCUT2D eigenvalue weighted by molar-refractivity contribution is 5.92. The average Bonchev–Trinajstić information content (AvgIpc) is 3.14. The predicted octanol–water partition coefficient (Wildman–Crippen LogP) is 1.70. The van der Waals surface area contributed by atoms with Crippen molar-refractivity contribution in [1.82, 2.24) is 20.3 Å². The third-order valence-corrected chi connectivity index (χ3v) is 4.59. The van der Waals surface area contributed by atoms with Crippen molar-refractivity contribution in [1.29, 1.82) is 0 Å². The van der Waals surface area contributed by atoms with E-state index in [-0.39, 0.29) is 11.5 Å². The number of benzene rings is 1. The van der Waals surface area contributed by atoms with E-state index in [9.17, 15) is 9.59 Å². The molecule has 1 aromatic carbocycles. The number of piperazine rings is 1. The Morgan fingerprint density at radius 1 is 1.11 bits per heavy atom. The van der Waals surface area contributed by atoms with Crippen LogP contribution in [-0.4, -0.2) is 52.3 Å². The molecular formula is C19H19N5O3. The molecule has 3 heterocycles. The zero-order valence-corrected chi connectivity index (χ0v) is 14.9. The predicted molar refractivity (Wildman–Crippen MR) is 99.7 cm³/mol. The highest BCUT2D eigenvalue weighted by Crippen LogP contribution is 2.27. The second-order valence-electron chi connectivity index (χ2n) is 6.43. The van der Waals surface area contributed by atoms with Crippen molar-refractivity contribution >= 4 is 11.6 Å². The normalized spacial score (nSPS) is 14.4. The Bertz CT molecular complexity index is 1000. The van der Waals surface area contributed by atoms with E-state index in [1.165, 1.54) is 0 Å². The Labute approximate surface area is 155 Å². The van der Waals surface area contributed by atoms with E-state index in [2.05, 4.69) is 20.3 Å². The smallest absolute Gasteiger partial charge is 0.276 e. The number of aryl methyl sites for hydroxylation is 1. The highest BCUT2D eigenvalue weighted by atomic mass is 16.5. The van der Waals surface area contributed by atoms with Crippen molar-refractivity contribution in [3.05, 3.63) is 64.3 Å². The van der Waals surface area contributed by atoms with Gasteiger partial charge in [0.2, 0.25) is 0 Å². The van der Waals surface area contributed by atoms with Gasteiger partial charge in [-0.25, -0.2) is 5.10 Å². The molecule has 8 nitrogen and oxygen atoms in total. The fourth-order valence-corrected chi connectivity index (χ4v) is 3.22. The van der Waals surface area contributed by atoms with Gasteiger partial charge in [-0.1, -0.05) is 35.5 Å². The van der Waals surface area contributed by atoms with Crippen LogP contribution in [0.4, 0.5) is 5.69 Å². The zero-order valence-electron chi connectivity index (χ0n) is 14.9. The average molecular weight is 365 g/mol. The number of aromatic nitrogens is 3. The molecule has 0 atom stereocenters. The zero-order chi connectivity index (χ0) is 18.8. The SMILES string of the molecule is Cc1cc(C(=O)N2CCN(c3cc(=O)[nH]nc3-c3ccccc3)CC2)no1. The number of carbonyl (C=O) groups excluding carboxylic acids is 1. The maximum absolute atomic E-state index is 12.5. The molecule has 27 heavy (non-hydrogen) atoms. The standard InChI is InChI=1S/C19H19N5O3/c1-13-11-15(22-27-13)19(26)24-9-7-23(8-10-24)16-12-17(25)20-21-18(16)14-5-3-2-4-6-14/h2-6,11-12H,7-10H2,1H3,(H,20,25). The summed E-state index contributed by atoms with van der Waals surface area (Å²) in [5.41, 5.74) is 2.50. The Kier molecular flexibility index (Phi) is 4.45. The molecule has 1 aliphatic heterocycles. The van der Waals surface area contributed by atoms with Gasteiger partial charge >= 0.3 is 0 Å². The molecule has 1 N–H and O–H groups in total. The second-order valence-corrected chi connectivity index (χ2v) is 6.43. The number of aromatic amines is 1. The van der Waals surface area contributed by atoms with E-state index in [0.29, 0.717) is 37.6 Å². The molecule has 4 rings (SSSR count). The van der Waals surface area contributed by atoms with Gasteiger partial charge < -0.3 is 14.3 Å². The summed E-state index contributed by atoms with van der Waals surface area (Å²) in [5.74, 6) is 0.470. The molecule has 0 radical (unpaired) electrons. The molecule has 1 fully saturated rings. The largest absolute Gasteiger partial charge is 0.366 e. The number of anilines is 1. The van der Waals surface area contributed by atoms with Crippen LogP contribution in [0.3, 0.4) is 0 Å². The Morgan fingerprint density at radius 3 is 2.52 bits per heavy atom. The molecule has 0 spiro atoms. The molecule has 138 valence electrons. The lowest BCUT2D eigenvalue weighted by molar-refractivity contribution is 0.0736. The van der Waals surface area contributed by atoms with Gasteiger partial charge in [-0.2, -0.15) is 5.10 Å². The van der Waals surface area contributed by atoms with Gasteiger partial charge in [0.1, 0.15) is 11.5 Å². The van der Waals surface area contributed by atoms with E-state index in [1.807, 2.05) is 30.3 Å². The summed E-state index contributed by atoms with van der Waals surface area (Å²) in [4.78, 5) is 28.2. The Morgan fingerprint density at radius 2 is 1.85 bits per heavy atom. The van der Waals surface area contributed by atoms with Gasteiger partial charge in [-0.05, 0) is 6.92 Å². The van der Waals surface area contributed by atoms with Crippen LogP contribution in [0.25, 0.3) is 11.3 Å². The third-order valence-electron chi connectivity index (χ3n) is 4.59. The maximum Gasteiger partial charge on any atom is 0.276 e. The number of hydrogen-bond acceptors (Lipinski definition) is 6. The van der Waals surface area contributed by atoms with E-state index in [1.54, 1.807) is 24.0 Å². The summed E-state index contributed by atoms with van der Waals surface area (Å²) in [5, 5.41) is 10.6. The highest BCUT2D eigenvalue weighted by Gasteiger charge is 2.26. The van der Waals surface area contributed by atoms with Gasteiger partial charge in [0.15, 0.2) is 5.69 Å². The van der Waals surface area contributed by atoms with Gasteiger partial charge in [-0.15, -0.1) is 0 Å². The lowest BCUT2D eigenvalue weighted by atomic mass is 10.1. The molecule has 3 aromatic rings. The van der Waals surface area contributed by atoms with Crippen LogP contribution in [0.1, 0.15) is 16.2 Å². The lowest BCUT2D eigenvalue weighted by Crippen LogP contribution is -2.49. The van der Waals surface area contributed by atoms with Crippen molar-refractivity contribution in [2.45, 2.75) is 6.92 Å². The number of rotatable bonds is 3. The summed E-state index contributed by atoms with van der Waals surface area (Å²) in [6.45, 7) is 4.03. The maximum atomic E-state index is 12.5. The summed E-state index contributed by atoms with van der Waals surface area (Å²) in [7, 11) is 0. The number of carbonyl (C=O) groups is 1. The van der Waals surface area contributed by atoms with Crippen molar-refractivity contribution in [3.8, 4) is 11.3 Å². The van der Waals surface area contributed by atoms with Crippen LogP contribution in [-0.2, 0) is 0 Å². The van der Waals surface area contributed by atoms with Crippen LogP contribution < -0.4 is 10.5 Å². The summed E-state index contributed by atoms with van der Waals surface area (Å²) >= 11 is 0. The molecule has 0 bridgehead atoms. The van der Waals surface area contributed by atoms with E-state index in [0.717, 1.165) is 16.9 Å². The van der Waals surface area contributed by atoms with E-state index in [4.69, 9.17) is 4.52 Å². The van der Waals surface area contributed by atoms with E-state index >= 15 is 0 Å². The fraction of sp³-hybridized carbons (Fsp3) is 0.263. The topological polar surface area (TPSA) is 95.3 Å². The molecule has 8 heteroatoms. The summed E-state index contributed by atoms with van der Waals surface area (Å²) in [6.07, 6.45) is 0. The van der Waals surface area contributed by atoms with Gasteiger partial charge in [0.25, 0.3) is 11.5 Å². The summed E-state index contributed by atoms with van der Waals surface area (Å²) in [6, 6.07) is 12.9. The minimum absolute atomic E-state index is 0.140. The lowest BCUT2D eigenvalue weighted by Gasteiger charge is -2.36. The van der Waals surface area contributed by atoms with Crippen LogP contribution >= 0.6 is 0 Å². The first kappa shape index (κ1) is 17.0. The minimum atomic E-state index is -0.249. The number of hydrogen-bond donors (Lipinski definition) is 1. The van der Waals surface area contributed by atoms with Crippen molar-refractivity contribution in [3.63, 3.8) is 0 Å². The molecule has 0 aliphatic carbocycles. The number of nitrogens with zero attached hydrogens (tertiary/aromatic N) is 4. The molecule has 0 unspecified atom stereocenters. The molecule has 1 saturated heterocycles. The second kappa shape index (κ2) is 7.06. The van der Waals surface area contributed by atoms with Crippen LogP contribution in [0, 0.1) is 6.92 Å². The first-order chi connectivity index (χ1) is 13.1. The van der Waals surface area contributed by atoms with Crippen LogP contribution in [0.2, 0.25) is 0 Å². The van der Waals surface area contributed by atoms with Gasteiger partial charge in [-0.3, -0.25) is 9.59 Å². The van der Waals surface area contributed by atoms with Crippen molar-refractivity contribution < 1.29 is 9.32 Å². The quantitative estimate of drug-likeness (QED) is 0.759. The monoisotopic (exact) mass is 365 g/mol. The van der Waals surface area contributed by atoms with Crippen LogP contribution in [0.5, 0.6) is 0 Å². The fourth-order valence-electron chi connectivity index (χ4n) is 3.22. The molecule has 1 amide bonds. The third kappa shape index (κ3) is 3.46. The number of H-pyrrole nitrogens is 1. The van der Waals surface area contributed by atoms with Crippen molar-refractivity contribution in [2.75, 3.05) is 31.1 Å². The van der Waals surface area contributed by atoms with Crippen molar-refractivity contribution in [2.24, 2.45) is 0 Å². The van der Waals surface area contributed by atoms with Gasteiger partial charge in [0.05, 0.1) is 5.69 Å². The molecular weight excluding hydrogens is 346 g/mol. The summed E-state index contributed by atoms with van der Waals surface area (Å²) < 4.78 is 4.99. The molecule has 0 saturated carbocycles. The molecule has 2 aromatic heterocycles. The van der Waals surface area contributed by atoms with Gasteiger partial charge in [0, 0.05) is 43.9 Å². The van der Waals surface area contributed by atoms with E-state index < -0.39 is 0 Å². The van der Waals surface area contributed by atoms with Crippen LogP contribution in [0.15, 0.2) is 51.8 Å².